The van der Waals surface area contributed by atoms with Crippen LogP contribution in [0.25, 0.3) is 0 Å². The average molecular weight is 439 g/mol. The quantitative estimate of drug-likeness (QED) is 0.520. The topological polar surface area (TPSA) is 111 Å². The predicted molar refractivity (Wildman–Crippen MR) is 117 cm³/mol. The molecule has 0 unspecified atom stereocenters. The molecule has 0 radical (unpaired) electrons. The molecule has 31 heavy (non-hydrogen) atoms. The zero-order valence-corrected chi connectivity index (χ0v) is 17.5. The Bertz CT molecular complexity index is 1040. The molecule has 2 heterocycles. The number of carbonyl (C=O) groups is 2. The molecule has 1 atom stereocenters. The number of tetrazole rings is 1. The highest BCUT2D eigenvalue weighted by Gasteiger charge is 2.20. The third-order valence-electron chi connectivity index (χ3n) is 4.71. The maximum absolute atomic E-state index is 12.7. The van der Waals surface area contributed by atoms with Gasteiger partial charge in [-0.1, -0.05) is 42.1 Å². The number of hydrogen-bond acceptors (Lipinski definition) is 7. The van der Waals surface area contributed by atoms with Crippen molar-refractivity contribution in [1.82, 2.24) is 20.2 Å². The lowest BCUT2D eigenvalue weighted by molar-refractivity contribution is -0.113. The van der Waals surface area contributed by atoms with Crippen LogP contribution in [0.3, 0.4) is 0 Å². The molecule has 10 heteroatoms. The van der Waals surface area contributed by atoms with Gasteiger partial charge in [0.25, 0.3) is 5.91 Å². The molecule has 1 saturated heterocycles. The van der Waals surface area contributed by atoms with Crippen molar-refractivity contribution in [3.63, 3.8) is 0 Å². The van der Waals surface area contributed by atoms with Crippen molar-refractivity contribution < 1.29 is 14.3 Å². The summed E-state index contributed by atoms with van der Waals surface area (Å²) < 4.78 is 7.28. The molecule has 0 bridgehead atoms. The van der Waals surface area contributed by atoms with Gasteiger partial charge in [0.1, 0.15) is 0 Å². The number of aromatic nitrogens is 4. The molecule has 0 spiro atoms. The Morgan fingerprint density at radius 2 is 1.90 bits per heavy atom. The van der Waals surface area contributed by atoms with E-state index in [1.54, 1.807) is 41.1 Å². The minimum atomic E-state index is -0.296. The Kier molecular flexibility index (Phi) is 6.90. The van der Waals surface area contributed by atoms with Crippen LogP contribution in [0.4, 0.5) is 11.4 Å². The van der Waals surface area contributed by atoms with E-state index in [4.69, 9.17) is 4.74 Å². The molecular weight excluding hydrogens is 416 g/mol. The van der Waals surface area contributed by atoms with Crippen LogP contribution in [0, 0.1) is 0 Å². The Labute approximate surface area is 183 Å². The van der Waals surface area contributed by atoms with E-state index in [1.807, 2.05) is 18.2 Å². The third-order valence-corrected chi connectivity index (χ3v) is 5.67. The van der Waals surface area contributed by atoms with Gasteiger partial charge in [0, 0.05) is 12.3 Å². The number of para-hydroxylation sites is 2. The Morgan fingerprint density at radius 3 is 2.71 bits per heavy atom. The van der Waals surface area contributed by atoms with Gasteiger partial charge in [-0.25, -0.2) is 4.68 Å². The van der Waals surface area contributed by atoms with Crippen LogP contribution in [0.15, 0.2) is 59.8 Å². The van der Waals surface area contributed by atoms with Gasteiger partial charge in [-0.15, -0.1) is 5.10 Å². The summed E-state index contributed by atoms with van der Waals surface area (Å²) in [5.41, 5.74) is 1.51. The lowest BCUT2D eigenvalue weighted by atomic mass is 10.1. The number of nitrogens with one attached hydrogen (secondary N) is 2. The van der Waals surface area contributed by atoms with Crippen molar-refractivity contribution >= 4 is 35.0 Å². The summed E-state index contributed by atoms with van der Waals surface area (Å²) in [6.45, 7) is 1.33. The Morgan fingerprint density at radius 1 is 1.10 bits per heavy atom. The molecule has 2 aromatic carbocycles. The first kappa shape index (κ1) is 21.0. The fourth-order valence-electron chi connectivity index (χ4n) is 3.22. The van der Waals surface area contributed by atoms with Crippen molar-refractivity contribution in [2.45, 2.75) is 30.6 Å². The summed E-state index contributed by atoms with van der Waals surface area (Å²) in [6, 6.07) is 16.0. The van der Waals surface area contributed by atoms with Crippen LogP contribution in [0.1, 0.15) is 23.2 Å². The number of thioether (sulfide) groups is 1. The zero-order valence-electron chi connectivity index (χ0n) is 16.7. The highest BCUT2D eigenvalue weighted by molar-refractivity contribution is 7.99. The molecule has 0 saturated carbocycles. The van der Waals surface area contributed by atoms with E-state index in [1.165, 1.54) is 11.8 Å². The first-order valence-corrected chi connectivity index (χ1v) is 10.9. The fraction of sp³-hybridized carbons (Fsp3) is 0.286. The molecule has 0 aliphatic carbocycles. The largest absolute Gasteiger partial charge is 0.376 e. The van der Waals surface area contributed by atoms with Crippen LogP contribution in [-0.4, -0.2) is 50.5 Å². The molecule has 3 aromatic rings. The number of ether oxygens (including phenoxy) is 1. The number of benzene rings is 2. The first-order valence-electron chi connectivity index (χ1n) is 9.95. The number of anilines is 2. The molecule has 1 aromatic heterocycles. The number of hydrogen-bond donors (Lipinski definition) is 2. The fourth-order valence-corrected chi connectivity index (χ4v) is 3.91. The SMILES string of the molecule is O=C(CSc1nnnn1C[C@@H]1CCCO1)Nc1ccccc1C(=O)Nc1ccccc1. The highest BCUT2D eigenvalue weighted by Crippen LogP contribution is 2.20. The van der Waals surface area contributed by atoms with Gasteiger partial charge in [-0.3, -0.25) is 9.59 Å². The monoisotopic (exact) mass is 438 g/mol. The molecule has 1 fully saturated rings. The summed E-state index contributed by atoms with van der Waals surface area (Å²) in [5, 5.41) is 17.9. The zero-order chi connectivity index (χ0) is 21.5. The van der Waals surface area contributed by atoms with Crippen molar-refractivity contribution in [2.24, 2.45) is 0 Å². The second-order valence-electron chi connectivity index (χ2n) is 6.98. The maximum atomic E-state index is 12.7. The summed E-state index contributed by atoms with van der Waals surface area (Å²) in [4.78, 5) is 25.2. The van der Waals surface area contributed by atoms with Crippen LogP contribution in [0.5, 0.6) is 0 Å². The number of carbonyl (C=O) groups excluding carboxylic acids is 2. The van der Waals surface area contributed by atoms with Gasteiger partial charge >= 0.3 is 0 Å². The number of nitrogens with zero attached hydrogens (tertiary/aromatic N) is 4. The van der Waals surface area contributed by atoms with Gasteiger partial charge in [-0.2, -0.15) is 0 Å². The minimum Gasteiger partial charge on any atom is -0.376 e. The van der Waals surface area contributed by atoms with E-state index < -0.39 is 0 Å². The van der Waals surface area contributed by atoms with Crippen LogP contribution >= 0.6 is 11.8 Å². The lowest BCUT2D eigenvalue weighted by Crippen LogP contribution is -2.20. The Hall–Kier alpha value is -3.24. The van der Waals surface area contributed by atoms with E-state index in [9.17, 15) is 9.59 Å². The predicted octanol–water partition coefficient (Wildman–Crippen LogP) is 2.84. The van der Waals surface area contributed by atoms with E-state index in [0.29, 0.717) is 28.6 Å². The third kappa shape index (κ3) is 5.68. The lowest BCUT2D eigenvalue weighted by Gasteiger charge is -2.12. The number of rotatable bonds is 8. The van der Waals surface area contributed by atoms with Crippen LogP contribution in [-0.2, 0) is 16.1 Å². The van der Waals surface area contributed by atoms with E-state index in [-0.39, 0.29) is 23.7 Å². The molecule has 4 rings (SSSR count). The Balaban J connectivity index is 1.35. The first-order chi connectivity index (χ1) is 15.2. The summed E-state index contributed by atoms with van der Waals surface area (Å²) in [5.74, 6) is -0.438. The molecular formula is C21H22N6O3S. The summed E-state index contributed by atoms with van der Waals surface area (Å²) >= 11 is 1.24. The van der Waals surface area contributed by atoms with Gasteiger partial charge in [0.05, 0.1) is 29.7 Å². The highest BCUT2D eigenvalue weighted by atomic mass is 32.2. The molecule has 2 N–H and O–H groups in total. The normalized spacial score (nSPS) is 15.5. The van der Waals surface area contributed by atoms with Crippen molar-refractivity contribution in [1.29, 1.82) is 0 Å². The minimum absolute atomic E-state index is 0.103. The van der Waals surface area contributed by atoms with Crippen molar-refractivity contribution in [3.8, 4) is 0 Å². The van der Waals surface area contributed by atoms with E-state index >= 15 is 0 Å². The summed E-state index contributed by atoms with van der Waals surface area (Å²) in [6.07, 6.45) is 2.12. The van der Waals surface area contributed by atoms with Gasteiger partial charge in [0.15, 0.2) is 0 Å². The van der Waals surface area contributed by atoms with Crippen molar-refractivity contribution in [3.05, 3.63) is 60.2 Å². The smallest absolute Gasteiger partial charge is 0.257 e. The molecule has 2 amide bonds. The standard InChI is InChI=1S/C21H22N6O3S/c28-19(14-31-21-24-25-26-27(21)13-16-9-6-12-30-16)23-18-11-5-4-10-17(18)20(29)22-15-7-2-1-3-8-15/h1-5,7-8,10-11,16H,6,9,12-14H2,(H,22,29)(H,23,28)/t16-/m0/s1. The molecule has 160 valence electrons. The molecule has 9 nitrogen and oxygen atoms in total. The van der Waals surface area contributed by atoms with Crippen LogP contribution in [0.2, 0.25) is 0 Å². The van der Waals surface area contributed by atoms with Gasteiger partial charge < -0.3 is 15.4 Å². The van der Waals surface area contributed by atoms with E-state index in [2.05, 4.69) is 26.2 Å². The molecule has 1 aliphatic heterocycles. The second kappa shape index (κ2) is 10.2. The van der Waals surface area contributed by atoms with Crippen molar-refractivity contribution in [2.75, 3.05) is 23.0 Å². The molecule has 1 aliphatic rings. The summed E-state index contributed by atoms with van der Waals surface area (Å²) in [7, 11) is 0. The van der Waals surface area contributed by atoms with E-state index in [0.717, 1.165) is 19.4 Å². The maximum Gasteiger partial charge on any atom is 0.257 e. The van der Waals surface area contributed by atoms with Crippen LogP contribution < -0.4 is 10.6 Å². The number of amides is 2. The van der Waals surface area contributed by atoms with Gasteiger partial charge in [0.2, 0.25) is 11.1 Å². The van der Waals surface area contributed by atoms with Gasteiger partial charge in [-0.05, 0) is 47.5 Å². The second-order valence-corrected chi connectivity index (χ2v) is 7.92. The average Bonchev–Trinajstić information content (AvgIpc) is 3.46.